The van der Waals surface area contributed by atoms with E-state index in [2.05, 4.69) is 0 Å². The zero-order valence-electron chi connectivity index (χ0n) is 34.1. The largest absolute Gasteiger partial charge is 0.393 e. The Kier molecular flexibility index (Phi) is 22.9. The molecule has 0 radical (unpaired) electrons. The molecule has 0 bridgehead atoms. The molecule has 15 nitrogen and oxygen atoms in total. The lowest BCUT2D eigenvalue weighted by Crippen LogP contribution is -2.61. The van der Waals surface area contributed by atoms with Gasteiger partial charge < -0.3 is 74.0 Å². The summed E-state index contributed by atoms with van der Waals surface area (Å²) in [6, 6.07) is 0. The van der Waals surface area contributed by atoms with Gasteiger partial charge in [0.15, 0.2) is 12.6 Å². The van der Waals surface area contributed by atoms with Crippen LogP contribution in [0.3, 0.4) is 0 Å². The van der Waals surface area contributed by atoms with E-state index in [9.17, 15) is 40.9 Å². The standard InChI is InChI=1S/C39H76O15/c1-23(40)12-9-15-32-35(51-30(8)47)34(48-20-27(5)44)31(18-17-26(4)43)38(52-32)54-39(19-11-14-25(3)42)37(50-22-29(7)46)36(49-21-28(6)45)33(53-39)16-10-13-24(2)41/h23-38,40-47H,9-22H2,1-8H3. The van der Waals surface area contributed by atoms with E-state index in [4.69, 9.17) is 33.2 Å². The summed E-state index contributed by atoms with van der Waals surface area (Å²) in [5.41, 5.74) is 0. The van der Waals surface area contributed by atoms with Gasteiger partial charge in [-0.2, -0.15) is 0 Å². The van der Waals surface area contributed by atoms with E-state index in [1.54, 1.807) is 48.5 Å². The van der Waals surface area contributed by atoms with Gasteiger partial charge in [-0.3, -0.25) is 0 Å². The van der Waals surface area contributed by atoms with E-state index < -0.39 is 104 Å². The third-order valence-corrected chi connectivity index (χ3v) is 9.75. The van der Waals surface area contributed by atoms with Gasteiger partial charge in [-0.1, -0.05) is 0 Å². The van der Waals surface area contributed by atoms with Crippen LogP contribution in [0.25, 0.3) is 0 Å². The average Bonchev–Trinajstić information content (AvgIpc) is 3.32. The first-order valence-corrected chi connectivity index (χ1v) is 20.3. The van der Waals surface area contributed by atoms with E-state index in [1.165, 1.54) is 6.92 Å². The zero-order valence-corrected chi connectivity index (χ0v) is 34.1. The molecule has 2 saturated heterocycles. The smallest absolute Gasteiger partial charge is 0.200 e. The van der Waals surface area contributed by atoms with Gasteiger partial charge in [-0.05, 0) is 120 Å². The molecule has 54 heavy (non-hydrogen) atoms. The first-order chi connectivity index (χ1) is 25.3. The van der Waals surface area contributed by atoms with Crippen molar-refractivity contribution in [1.82, 2.24) is 0 Å². The fraction of sp³-hybridized carbons (Fsp3) is 1.00. The lowest BCUT2D eigenvalue weighted by Gasteiger charge is -2.49. The van der Waals surface area contributed by atoms with E-state index >= 15 is 0 Å². The van der Waals surface area contributed by atoms with Gasteiger partial charge in [-0.15, -0.1) is 0 Å². The minimum atomic E-state index is -1.58. The van der Waals surface area contributed by atoms with E-state index in [-0.39, 0.29) is 26.2 Å². The molecular formula is C39H76O15. The first kappa shape index (κ1) is 49.5. The topological polar surface area (TPSA) is 226 Å². The summed E-state index contributed by atoms with van der Waals surface area (Å²) in [7, 11) is 0. The predicted molar refractivity (Wildman–Crippen MR) is 199 cm³/mol. The summed E-state index contributed by atoms with van der Waals surface area (Å²) in [4.78, 5) is 0. The van der Waals surface area contributed by atoms with Crippen LogP contribution in [0.4, 0.5) is 0 Å². The zero-order chi connectivity index (χ0) is 40.6. The Morgan fingerprint density at radius 2 is 1.00 bits per heavy atom. The van der Waals surface area contributed by atoms with Gasteiger partial charge in [0, 0.05) is 12.3 Å². The molecule has 15 heteroatoms. The molecule has 0 aliphatic carbocycles. The number of hydrogen-bond acceptors (Lipinski definition) is 15. The SMILES string of the molecule is CC(O)CCCC1OC(OC2(CCCC(C)O)OC(CCCC(C)O)C(OCC(C)O)C2OCC(C)O)C(CCC(C)O)C(OCC(C)O)C1OC(C)O. The van der Waals surface area contributed by atoms with Gasteiger partial charge in [0.1, 0.15) is 18.3 Å². The Balaban J connectivity index is 2.77. The molecule has 2 aliphatic heterocycles. The molecular weight excluding hydrogens is 708 g/mol. The van der Waals surface area contributed by atoms with E-state index in [0.717, 1.165) is 0 Å². The minimum absolute atomic E-state index is 0.0326. The lowest BCUT2D eigenvalue weighted by atomic mass is 9.84. The average molecular weight is 785 g/mol. The van der Waals surface area contributed by atoms with Crippen molar-refractivity contribution in [3.05, 3.63) is 0 Å². The van der Waals surface area contributed by atoms with Gasteiger partial charge in [0.2, 0.25) is 5.79 Å². The second-order valence-corrected chi connectivity index (χ2v) is 16.1. The van der Waals surface area contributed by atoms with Crippen LogP contribution in [0, 0.1) is 5.92 Å². The molecule has 2 heterocycles. The maximum Gasteiger partial charge on any atom is 0.200 e. The van der Waals surface area contributed by atoms with Crippen LogP contribution in [0.2, 0.25) is 0 Å². The molecule has 17 atom stereocenters. The number of aliphatic hydroxyl groups is 8. The van der Waals surface area contributed by atoms with Gasteiger partial charge in [0.25, 0.3) is 0 Å². The Bertz CT molecular complexity index is 964. The van der Waals surface area contributed by atoms with Crippen LogP contribution in [0.5, 0.6) is 0 Å². The van der Waals surface area contributed by atoms with Gasteiger partial charge >= 0.3 is 0 Å². The van der Waals surface area contributed by atoms with Crippen molar-refractivity contribution in [2.24, 2.45) is 5.92 Å². The number of ether oxygens (including phenoxy) is 7. The Hall–Kier alpha value is -0.600. The lowest BCUT2D eigenvalue weighted by molar-refractivity contribution is -0.384. The quantitative estimate of drug-likeness (QED) is 0.0533. The van der Waals surface area contributed by atoms with E-state index in [1.807, 2.05) is 0 Å². The number of hydrogen-bond donors (Lipinski definition) is 8. The number of aliphatic hydroxyl groups excluding tert-OH is 8. The van der Waals surface area contributed by atoms with Crippen LogP contribution in [-0.2, 0) is 33.2 Å². The summed E-state index contributed by atoms with van der Waals surface area (Å²) in [5.74, 6) is -2.20. The van der Waals surface area contributed by atoms with Gasteiger partial charge in [0.05, 0.1) is 80.9 Å². The molecule has 0 spiro atoms. The maximum atomic E-state index is 10.5. The fourth-order valence-corrected chi connectivity index (χ4v) is 7.30. The van der Waals surface area contributed by atoms with Crippen molar-refractivity contribution in [2.75, 3.05) is 19.8 Å². The molecule has 0 aromatic rings. The number of rotatable bonds is 28. The van der Waals surface area contributed by atoms with Crippen molar-refractivity contribution < 1.29 is 74.0 Å². The van der Waals surface area contributed by atoms with Crippen molar-refractivity contribution in [3.8, 4) is 0 Å². The van der Waals surface area contributed by atoms with Crippen LogP contribution >= 0.6 is 0 Å². The Labute approximate surface area is 323 Å². The monoisotopic (exact) mass is 785 g/mol. The summed E-state index contributed by atoms with van der Waals surface area (Å²) < 4.78 is 46.2. The minimum Gasteiger partial charge on any atom is -0.393 e. The van der Waals surface area contributed by atoms with Crippen molar-refractivity contribution in [2.45, 2.75) is 224 Å². The Morgan fingerprint density at radius 3 is 1.50 bits per heavy atom. The second kappa shape index (κ2) is 25.0. The molecule has 0 amide bonds. The highest BCUT2D eigenvalue weighted by Crippen LogP contribution is 2.46. The molecule has 0 aromatic carbocycles. The molecule has 0 aromatic heterocycles. The molecule has 8 N–H and O–H groups in total. The highest BCUT2D eigenvalue weighted by molar-refractivity contribution is 5.01. The summed E-state index contributed by atoms with van der Waals surface area (Å²) in [6.07, 6.45) is -7.13. The molecule has 322 valence electrons. The van der Waals surface area contributed by atoms with Crippen LogP contribution in [0.1, 0.15) is 126 Å². The molecule has 2 rings (SSSR count). The fourth-order valence-electron chi connectivity index (χ4n) is 7.30. The van der Waals surface area contributed by atoms with Crippen molar-refractivity contribution >= 4 is 0 Å². The summed E-state index contributed by atoms with van der Waals surface area (Å²) >= 11 is 0. The highest BCUT2D eigenvalue weighted by atomic mass is 16.8. The highest BCUT2D eigenvalue weighted by Gasteiger charge is 2.60. The maximum absolute atomic E-state index is 10.5. The first-order valence-electron chi connectivity index (χ1n) is 20.3. The molecule has 2 fully saturated rings. The Morgan fingerprint density at radius 1 is 0.519 bits per heavy atom. The third-order valence-electron chi connectivity index (χ3n) is 9.75. The molecule has 0 saturated carbocycles. The van der Waals surface area contributed by atoms with Crippen molar-refractivity contribution in [1.29, 1.82) is 0 Å². The van der Waals surface area contributed by atoms with Crippen LogP contribution < -0.4 is 0 Å². The van der Waals surface area contributed by atoms with E-state index in [0.29, 0.717) is 64.2 Å². The predicted octanol–water partition coefficient (Wildman–Crippen LogP) is 2.28. The van der Waals surface area contributed by atoms with Gasteiger partial charge in [-0.25, -0.2) is 0 Å². The van der Waals surface area contributed by atoms with Crippen molar-refractivity contribution in [3.63, 3.8) is 0 Å². The normalized spacial score (nSPS) is 33.6. The third kappa shape index (κ3) is 17.5. The van der Waals surface area contributed by atoms with Crippen LogP contribution in [0.15, 0.2) is 0 Å². The second-order valence-electron chi connectivity index (χ2n) is 16.1. The van der Waals surface area contributed by atoms with Crippen LogP contribution in [-0.4, -0.2) is 158 Å². The summed E-state index contributed by atoms with van der Waals surface area (Å²) in [6.45, 7) is 12.9. The summed E-state index contributed by atoms with van der Waals surface area (Å²) in [5, 5.41) is 82.4. The molecule has 2 aliphatic rings. The molecule has 17 unspecified atom stereocenters.